The maximum absolute atomic E-state index is 12.7. The Balaban J connectivity index is 1.99. The van der Waals surface area contributed by atoms with Gasteiger partial charge in [0.05, 0.1) is 10.4 Å². The van der Waals surface area contributed by atoms with Gasteiger partial charge in [-0.25, -0.2) is 8.42 Å². The number of anilines is 1. The summed E-state index contributed by atoms with van der Waals surface area (Å²) in [5, 5.41) is 0.888. The SMILES string of the molecule is CCc1cc(Br)ccc1S(=O)(=O)Nc1ccc2ncccc2c1. The fourth-order valence-electron chi connectivity index (χ4n) is 2.44. The molecule has 2 aromatic carbocycles. The summed E-state index contributed by atoms with van der Waals surface area (Å²) in [5.41, 5.74) is 2.12. The lowest BCUT2D eigenvalue weighted by atomic mass is 10.2. The van der Waals surface area contributed by atoms with Crippen LogP contribution < -0.4 is 4.72 Å². The summed E-state index contributed by atoms with van der Waals surface area (Å²) in [7, 11) is -3.63. The molecule has 1 heterocycles. The number of nitrogens with zero attached hydrogens (tertiary/aromatic N) is 1. The third-order valence-corrected chi connectivity index (χ3v) is 5.52. The second-order valence-electron chi connectivity index (χ2n) is 5.12. The van der Waals surface area contributed by atoms with Gasteiger partial charge in [0.25, 0.3) is 10.0 Å². The van der Waals surface area contributed by atoms with Gasteiger partial charge in [-0.05, 0) is 54.4 Å². The molecule has 0 aliphatic carbocycles. The molecule has 0 unspecified atom stereocenters. The highest BCUT2D eigenvalue weighted by Crippen LogP contribution is 2.25. The molecule has 1 aromatic heterocycles. The van der Waals surface area contributed by atoms with Gasteiger partial charge in [-0.2, -0.15) is 0 Å². The minimum Gasteiger partial charge on any atom is -0.280 e. The molecular weight excluding hydrogens is 376 g/mol. The van der Waals surface area contributed by atoms with Crippen LogP contribution in [0.1, 0.15) is 12.5 Å². The number of halogens is 1. The second-order valence-corrected chi connectivity index (χ2v) is 7.69. The van der Waals surface area contributed by atoms with Crippen molar-refractivity contribution in [2.75, 3.05) is 4.72 Å². The van der Waals surface area contributed by atoms with Crippen LogP contribution in [0.25, 0.3) is 10.9 Å². The van der Waals surface area contributed by atoms with Gasteiger partial charge in [0.2, 0.25) is 0 Å². The van der Waals surface area contributed by atoms with Gasteiger partial charge in [0.15, 0.2) is 0 Å². The van der Waals surface area contributed by atoms with E-state index in [0.717, 1.165) is 20.9 Å². The number of rotatable bonds is 4. The molecule has 0 fully saturated rings. The minimum atomic E-state index is -3.63. The Kier molecular flexibility index (Phi) is 4.37. The molecule has 6 heteroatoms. The summed E-state index contributed by atoms with van der Waals surface area (Å²) < 4.78 is 28.9. The van der Waals surface area contributed by atoms with Crippen molar-refractivity contribution in [3.05, 3.63) is 64.8 Å². The predicted octanol–water partition coefficient (Wildman–Crippen LogP) is 4.36. The van der Waals surface area contributed by atoms with Crippen molar-refractivity contribution in [2.45, 2.75) is 18.2 Å². The summed E-state index contributed by atoms with van der Waals surface area (Å²) >= 11 is 3.38. The topological polar surface area (TPSA) is 59.1 Å². The molecule has 0 radical (unpaired) electrons. The molecule has 3 aromatic rings. The molecule has 0 aliphatic heterocycles. The van der Waals surface area contributed by atoms with Crippen LogP contribution in [0.2, 0.25) is 0 Å². The van der Waals surface area contributed by atoms with Gasteiger partial charge >= 0.3 is 0 Å². The molecule has 3 rings (SSSR count). The van der Waals surface area contributed by atoms with Crippen LogP contribution in [0, 0.1) is 0 Å². The molecular formula is C17H15BrN2O2S. The van der Waals surface area contributed by atoms with Gasteiger partial charge in [0.1, 0.15) is 0 Å². The first kappa shape index (κ1) is 16.0. The van der Waals surface area contributed by atoms with Crippen molar-refractivity contribution in [3.63, 3.8) is 0 Å². The van der Waals surface area contributed by atoms with E-state index in [2.05, 4.69) is 25.6 Å². The molecule has 0 aliphatic rings. The quantitative estimate of drug-likeness (QED) is 0.719. The number of sulfonamides is 1. The zero-order valence-corrected chi connectivity index (χ0v) is 14.9. The second kappa shape index (κ2) is 6.29. The largest absolute Gasteiger partial charge is 0.280 e. The average Bonchev–Trinajstić information content (AvgIpc) is 2.54. The highest BCUT2D eigenvalue weighted by Gasteiger charge is 2.18. The predicted molar refractivity (Wildman–Crippen MR) is 96.1 cm³/mol. The van der Waals surface area contributed by atoms with Crippen molar-refractivity contribution >= 4 is 42.5 Å². The molecule has 0 saturated carbocycles. The number of pyridine rings is 1. The van der Waals surface area contributed by atoms with Crippen molar-refractivity contribution < 1.29 is 8.42 Å². The maximum Gasteiger partial charge on any atom is 0.262 e. The number of benzene rings is 2. The molecule has 0 bridgehead atoms. The van der Waals surface area contributed by atoms with E-state index >= 15 is 0 Å². The smallest absolute Gasteiger partial charge is 0.262 e. The van der Waals surface area contributed by atoms with Crippen LogP contribution in [-0.2, 0) is 16.4 Å². The van der Waals surface area contributed by atoms with Gasteiger partial charge in [-0.3, -0.25) is 9.71 Å². The van der Waals surface area contributed by atoms with E-state index in [1.807, 2.05) is 25.1 Å². The number of aryl methyl sites for hydroxylation is 1. The summed E-state index contributed by atoms with van der Waals surface area (Å²) in [6.07, 6.45) is 2.35. The Hall–Kier alpha value is -1.92. The highest BCUT2D eigenvalue weighted by molar-refractivity contribution is 9.10. The Bertz CT molecular complexity index is 971. The first-order valence-electron chi connectivity index (χ1n) is 7.15. The fraction of sp³-hybridized carbons (Fsp3) is 0.118. The van der Waals surface area contributed by atoms with Crippen molar-refractivity contribution in [2.24, 2.45) is 0 Å². The van der Waals surface area contributed by atoms with Crippen LogP contribution in [0.5, 0.6) is 0 Å². The monoisotopic (exact) mass is 390 g/mol. The molecule has 1 N–H and O–H groups in total. The number of hydrogen-bond acceptors (Lipinski definition) is 3. The minimum absolute atomic E-state index is 0.300. The Morgan fingerprint density at radius 1 is 1.13 bits per heavy atom. The van der Waals surface area contributed by atoms with E-state index in [1.54, 1.807) is 36.5 Å². The lowest BCUT2D eigenvalue weighted by Gasteiger charge is -2.12. The van der Waals surface area contributed by atoms with E-state index in [9.17, 15) is 8.42 Å². The Labute approximate surface area is 143 Å². The van der Waals surface area contributed by atoms with Crippen LogP contribution in [0.3, 0.4) is 0 Å². The number of aromatic nitrogens is 1. The van der Waals surface area contributed by atoms with Gasteiger partial charge in [-0.1, -0.05) is 28.9 Å². The maximum atomic E-state index is 12.7. The standard InChI is InChI=1S/C17H15BrN2O2S/c1-2-12-10-14(18)5-8-17(12)23(21,22)20-15-6-7-16-13(11-15)4-3-9-19-16/h3-11,20H,2H2,1H3. The molecule has 0 amide bonds. The number of hydrogen-bond donors (Lipinski definition) is 1. The van der Waals surface area contributed by atoms with E-state index in [1.165, 1.54) is 0 Å². The third-order valence-electron chi connectivity index (χ3n) is 3.55. The van der Waals surface area contributed by atoms with Gasteiger partial charge in [-0.15, -0.1) is 0 Å². The van der Waals surface area contributed by atoms with E-state index in [4.69, 9.17) is 0 Å². The van der Waals surface area contributed by atoms with Crippen molar-refractivity contribution in [1.82, 2.24) is 4.98 Å². The molecule has 0 spiro atoms. The first-order chi connectivity index (χ1) is 11.0. The van der Waals surface area contributed by atoms with Crippen LogP contribution in [-0.4, -0.2) is 13.4 Å². The van der Waals surface area contributed by atoms with Gasteiger partial charge in [0, 0.05) is 21.7 Å². The van der Waals surface area contributed by atoms with Crippen LogP contribution >= 0.6 is 15.9 Å². The molecule has 23 heavy (non-hydrogen) atoms. The summed E-state index contributed by atoms with van der Waals surface area (Å²) in [6.45, 7) is 1.93. The number of nitrogens with one attached hydrogen (secondary N) is 1. The molecule has 118 valence electrons. The average molecular weight is 391 g/mol. The lowest BCUT2D eigenvalue weighted by molar-refractivity contribution is 0.600. The van der Waals surface area contributed by atoms with Crippen molar-refractivity contribution in [1.29, 1.82) is 0 Å². The van der Waals surface area contributed by atoms with E-state index in [-0.39, 0.29) is 0 Å². The van der Waals surface area contributed by atoms with E-state index < -0.39 is 10.0 Å². The normalized spacial score (nSPS) is 11.6. The van der Waals surface area contributed by atoms with Crippen LogP contribution in [0.4, 0.5) is 5.69 Å². The molecule has 0 atom stereocenters. The first-order valence-corrected chi connectivity index (χ1v) is 9.43. The molecule has 4 nitrogen and oxygen atoms in total. The summed E-state index contributed by atoms with van der Waals surface area (Å²) in [5.74, 6) is 0. The van der Waals surface area contributed by atoms with Crippen LogP contribution in [0.15, 0.2) is 64.1 Å². The van der Waals surface area contributed by atoms with E-state index in [0.29, 0.717) is 17.0 Å². The third kappa shape index (κ3) is 3.38. The van der Waals surface area contributed by atoms with Gasteiger partial charge < -0.3 is 0 Å². The Morgan fingerprint density at radius 3 is 2.74 bits per heavy atom. The fourth-order valence-corrected chi connectivity index (χ4v) is 4.19. The summed E-state index contributed by atoms with van der Waals surface area (Å²) in [4.78, 5) is 4.53. The highest BCUT2D eigenvalue weighted by atomic mass is 79.9. The summed E-state index contributed by atoms with van der Waals surface area (Å²) in [6, 6.07) is 14.2. The zero-order valence-electron chi connectivity index (χ0n) is 12.5. The molecule has 0 saturated heterocycles. The zero-order chi connectivity index (χ0) is 16.4. The van der Waals surface area contributed by atoms with Crippen molar-refractivity contribution in [3.8, 4) is 0 Å². The Morgan fingerprint density at radius 2 is 1.96 bits per heavy atom. The lowest BCUT2D eigenvalue weighted by Crippen LogP contribution is -2.15. The number of fused-ring (bicyclic) bond motifs is 1.